The van der Waals surface area contributed by atoms with Crippen LogP contribution in [0.1, 0.15) is 12.5 Å². The van der Waals surface area contributed by atoms with Crippen molar-refractivity contribution >= 4 is 19.3 Å². The molecule has 0 aliphatic heterocycles. The Bertz CT molecular complexity index is 843. The minimum atomic E-state index is -7.78. The fourth-order valence-electron chi connectivity index (χ4n) is 2.86. The van der Waals surface area contributed by atoms with Crippen LogP contribution in [0.4, 0.5) is 57.1 Å². The van der Waals surface area contributed by atoms with Crippen molar-refractivity contribution < 1.29 is 57.1 Å². The molecular formula is C18H17F13Si. The van der Waals surface area contributed by atoms with E-state index >= 15 is 0 Å². The predicted molar refractivity (Wildman–Crippen MR) is 93.9 cm³/mol. The summed E-state index contributed by atoms with van der Waals surface area (Å²) in [5.41, 5.74) is -6.34. The SMILES string of the molecule is C=Cc1ccccc1[Si](C)(C)C(F)(F)C(F)(F)C(F)(F)C(F)(F)C(F)(F)C(F)(F)C(C)F. The van der Waals surface area contributed by atoms with E-state index in [-0.39, 0.29) is 5.56 Å². The molecule has 0 radical (unpaired) electrons. The molecule has 1 unspecified atom stereocenters. The molecule has 0 amide bonds. The minimum Gasteiger partial charge on any atom is -0.241 e. The highest BCUT2D eigenvalue weighted by Crippen LogP contribution is 2.61. The largest absolute Gasteiger partial charge is 0.384 e. The van der Waals surface area contributed by atoms with Crippen molar-refractivity contribution in [3.8, 4) is 0 Å². The van der Waals surface area contributed by atoms with Gasteiger partial charge in [-0.1, -0.05) is 50.0 Å². The van der Waals surface area contributed by atoms with Crippen LogP contribution in [-0.4, -0.2) is 49.4 Å². The van der Waals surface area contributed by atoms with Crippen LogP contribution in [0.3, 0.4) is 0 Å². The van der Waals surface area contributed by atoms with Gasteiger partial charge < -0.3 is 0 Å². The van der Waals surface area contributed by atoms with E-state index in [1.807, 2.05) is 0 Å². The molecule has 0 saturated heterocycles. The molecule has 0 aromatic heterocycles. The Morgan fingerprint density at radius 2 is 1.16 bits per heavy atom. The van der Waals surface area contributed by atoms with Gasteiger partial charge in [0.05, 0.1) is 0 Å². The van der Waals surface area contributed by atoms with Gasteiger partial charge in [0.25, 0.3) is 0 Å². The Hall–Kier alpha value is -1.73. The quantitative estimate of drug-likeness (QED) is 0.250. The molecule has 0 fully saturated rings. The van der Waals surface area contributed by atoms with E-state index in [9.17, 15) is 57.1 Å². The van der Waals surface area contributed by atoms with Crippen LogP contribution in [0, 0.1) is 0 Å². The first-order valence-corrected chi connectivity index (χ1v) is 11.6. The molecule has 0 nitrogen and oxygen atoms in total. The van der Waals surface area contributed by atoms with E-state index in [2.05, 4.69) is 6.58 Å². The molecule has 32 heavy (non-hydrogen) atoms. The van der Waals surface area contributed by atoms with E-state index < -0.39 is 61.5 Å². The predicted octanol–water partition coefficient (Wildman–Crippen LogP) is 6.95. The van der Waals surface area contributed by atoms with Gasteiger partial charge in [0.15, 0.2) is 14.2 Å². The summed E-state index contributed by atoms with van der Waals surface area (Å²) < 4.78 is 181. The highest BCUT2D eigenvalue weighted by molar-refractivity contribution is 6.92. The van der Waals surface area contributed by atoms with Gasteiger partial charge in [-0.05, 0) is 17.7 Å². The molecule has 14 heteroatoms. The molecule has 0 saturated carbocycles. The van der Waals surface area contributed by atoms with Gasteiger partial charge in [0, 0.05) is 0 Å². The average Bonchev–Trinajstić information content (AvgIpc) is 2.66. The highest BCUT2D eigenvalue weighted by atomic mass is 28.3. The first-order valence-electron chi connectivity index (χ1n) is 8.63. The Morgan fingerprint density at radius 3 is 1.56 bits per heavy atom. The van der Waals surface area contributed by atoms with Crippen molar-refractivity contribution in [3.63, 3.8) is 0 Å². The van der Waals surface area contributed by atoms with Crippen LogP contribution >= 0.6 is 0 Å². The minimum absolute atomic E-state index is 0.252. The summed E-state index contributed by atoms with van der Waals surface area (Å²) in [6.45, 7) is 3.54. The lowest BCUT2D eigenvalue weighted by Gasteiger charge is -2.45. The van der Waals surface area contributed by atoms with Crippen molar-refractivity contribution in [2.24, 2.45) is 0 Å². The summed E-state index contributed by atoms with van der Waals surface area (Å²) >= 11 is 0. The summed E-state index contributed by atoms with van der Waals surface area (Å²) in [5.74, 6) is -36.8. The van der Waals surface area contributed by atoms with Crippen molar-refractivity contribution in [1.82, 2.24) is 0 Å². The van der Waals surface area contributed by atoms with Crippen LogP contribution in [-0.2, 0) is 0 Å². The summed E-state index contributed by atoms with van der Waals surface area (Å²) in [7, 11) is -5.30. The van der Waals surface area contributed by atoms with Gasteiger partial charge >= 0.3 is 35.2 Å². The maximum Gasteiger partial charge on any atom is 0.384 e. The van der Waals surface area contributed by atoms with Crippen LogP contribution in [0.2, 0.25) is 13.1 Å². The van der Waals surface area contributed by atoms with E-state index in [0.29, 0.717) is 13.1 Å². The highest BCUT2D eigenvalue weighted by Gasteiger charge is 2.91. The molecule has 1 aromatic carbocycles. The van der Waals surface area contributed by atoms with Crippen molar-refractivity contribution in [1.29, 1.82) is 0 Å². The summed E-state index contributed by atoms with van der Waals surface area (Å²) in [5, 5.41) is -0.673. The van der Waals surface area contributed by atoms with Crippen LogP contribution in [0.15, 0.2) is 30.8 Å². The topological polar surface area (TPSA) is 0 Å². The van der Waals surface area contributed by atoms with E-state index in [4.69, 9.17) is 0 Å². The van der Waals surface area contributed by atoms with Crippen LogP contribution in [0.5, 0.6) is 0 Å². The van der Waals surface area contributed by atoms with Gasteiger partial charge in [0.2, 0.25) is 0 Å². The Kier molecular flexibility index (Phi) is 7.02. The zero-order chi connectivity index (χ0) is 25.8. The van der Waals surface area contributed by atoms with E-state index in [0.717, 1.165) is 24.3 Å². The van der Waals surface area contributed by atoms with Gasteiger partial charge in [-0.15, -0.1) is 0 Å². The molecule has 0 N–H and O–H groups in total. The maximum atomic E-state index is 14.8. The number of halogens is 13. The molecule has 184 valence electrons. The van der Waals surface area contributed by atoms with Crippen molar-refractivity contribution in [2.45, 2.75) is 61.3 Å². The molecular weight excluding hydrogens is 491 g/mol. The van der Waals surface area contributed by atoms with Gasteiger partial charge in [-0.2, -0.15) is 43.9 Å². The number of benzene rings is 1. The van der Waals surface area contributed by atoms with Crippen molar-refractivity contribution in [2.75, 3.05) is 0 Å². The standard InChI is InChI=1S/C18H17F13Si/c1-5-11-8-6-7-9-12(11)32(3,4)18(30,31)17(28,29)16(26,27)15(24,25)14(22,23)13(20,21)10(2)19/h5-10H,1H2,2-4H3. The van der Waals surface area contributed by atoms with Gasteiger partial charge in [-0.3, -0.25) is 0 Å². The molecule has 0 aliphatic carbocycles. The first-order chi connectivity index (χ1) is 14.0. The smallest absolute Gasteiger partial charge is 0.241 e. The maximum absolute atomic E-state index is 14.8. The van der Waals surface area contributed by atoms with Crippen LogP contribution < -0.4 is 5.19 Å². The lowest BCUT2D eigenvalue weighted by atomic mass is 9.92. The molecule has 1 atom stereocenters. The Morgan fingerprint density at radius 1 is 0.750 bits per heavy atom. The molecule has 0 spiro atoms. The summed E-state index contributed by atoms with van der Waals surface area (Å²) in [6, 6.07) is 4.13. The molecule has 1 rings (SSSR count). The third kappa shape index (κ3) is 3.52. The number of alkyl halides is 13. The summed E-state index contributed by atoms with van der Waals surface area (Å²) in [6.07, 6.45) is -3.33. The fraction of sp³-hybridized carbons (Fsp3) is 0.556. The van der Waals surface area contributed by atoms with Gasteiger partial charge in [0.1, 0.15) is 0 Å². The zero-order valence-electron chi connectivity index (χ0n) is 16.6. The van der Waals surface area contributed by atoms with Gasteiger partial charge in [-0.25, -0.2) is 13.2 Å². The lowest BCUT2D eigenvalue weighted by molar-refractivity contribution is -0.421. The first kappa shape index (κ1) is 28.3. The summed E-state index contributed by atoms with van der Waals surface area (Å²) in [4.78, 5) is 0. The second-order valence-electron chi connectivity index (χ2n) is 7.53. The monoisotopic (exact) mass is 508 g/mol. The number of rotatable bonds is 9. The second kappa shape index (κ2) is 7.94. The Labute approximate surface area is 175 Å². The van der Waals surface area contributed by atoms with Crippen molar-refractivity contribution in [3.05, 3.63) is 36.4 Å². The normalized spacial score (nSPS) is 16.1. The average molecular weight is 508 g/mol. The molecule has 0 heterocycles. The third-order valence-corrected chi connectivity index (χ3v) is 8.82. The Balaban J connectivity index is 3.75. The molecule has 1 aromatic rings. The number of hydrogen-bond acceptors (Lipinski definition) is 0. The molecule has 0 aliphatic rings. The van der Waals surface area contributed by atoms with E-state index in [1.54, 1.807) is 0 Å². The molecule has 0 bridgehead atoms. The number of hydrogen-bond donors (Lipinski definition) is 0. The second-order valence-corrected chi connectivity index (χ2v) is 11.9. The third-order valence-electron chi connectivity index (χ3n) is 5.13. The lowest BCUT2D eigenvalue weighted by Crippen LogP contribution is -2.76. The van der Waals surface area contributed by atoms with E-state index in [1.165, 1.54) is 6.07 Å². The zero-order valence-corrected chi connectivity index (χ0v) is 17.6. The fourth-order valence-corrected chi connectivity index (χ4v) is 5.56. The van der Waals surface area contributed by atoms with Crippen LogP contribution in [0.25, 0.3) is 6.08 Å².